The summed E-state index contributed by atoms with van der Waals surface area (Å²) in [5, 5.41) is 5.56. The molecule has 0 aliphatic rings. The number of oxazole rings is 1. The lowest BCUT2D eigenvalue weighted by molar-refractivity contribution is 0.0932. The Morgan fingerprint density at radius 3 is 2.57 bits per heavy atom. The first-order valence-electron chi connectivity index (χ1n) is 8.78. The Balaban J connectivity index is 1.87. The molecular formula is C21H21N3O4. The maximum atomic E-state index is 12.8. The number of aryl methyl sites for hydroxylation is 1. The predicted octanol–water partition coefficient (Wildman–Crippen LogP) is 3.28. The van der Waals surface area contributed by atoms with Crippen molar-refractivity contribution in [2.45, 2.75) is 6.92 Å². The Kier molecular flexibility index (Phi) is 6.18. The highest BCUT2D eigenvalue weighted by Gasteiger charge is 2.22. The number of nitrogens with zero attached hydrogens (tertiary/aromatic N) is 1. The number of nitrogens with one attached hydrogen (secondary N) is 2. The number of anilines is 1. The maximum absolute atomic E-state index is 12.8. The summed E-state index contributed by atoms with van der Waals surface area (Å²) in [6.07, 6.45) is 1.19. The molecule has 2 N–H and O–H groups in total. The van der Waals surface area contributed by atoms with E-state index in [0.29, 0.717) is 30.0 Å². The van der Waals surface area contributed by atoms with Gasteiger partial charge in [0.25, 0.3) is 11.8 Å². The van der Waals surface area contributed by atoms with Crippen molar-refractivity contribution in [2.75, 3.05) is 25.6 Å². The van der Waals surface area contributed by atoms with E-state index in [0.717, 1.165) is 5.56 Å². The minimum Gasteiger partial charge on any atom is -0.443 e. The van der Waals surface area contributed by atoms with Crippen LogP contribution in [-0.2, 0) is 4.74 Å². The van der Waals surface area contributed by atoms with Crippen molar-refractivity contribution in [3.63, 3.8) is 0 Å². The quantitative estimate of drug-likeness (QED) is 0.615. The molecule has 7 nitrogen and oxygen atoms in total. The van der Waals surface area contributed by atoms with Gasteiger partial charge in [-0.05, 0) is 25.1 Å². The minimum atomic E-state index is -0.394. The zero-order valence-electron chi connectivity index (χ0n) is 15.7. The number of carbonyl (C=O) groups is 2. The van der Waals surface area contributed by atoms with Gasteiger partial charge in [0.1, 0.15) is 0 Å². The lowest BCUT2D eigenvalue weighted by Gasteiger charge is -2.10. The molecule has 3 rings (SSSR count). The van der Waals surface area contributed by atoms with E-state index in [-0.39, 0.29) is 17.4 Å². The summed E-state index contributed by atoms with van der Waals surface area (Å²) in [4.78, 5) is 29.2. The van der Waals surface area contributed by atoms with E-state index in [1.54, 1.807) is 31.4 Å². The van der Waals surface area contributed by atoms with Crippen LogP contribution in [0.1, 0.15) is 26.4 Å². The zero-order valence-corrected chi connectivity index (χ0v) is 15.7. The molecule has 0 saturated heterocycles. The highest BCUT2D eigenvalue weighted by atomic mass is 16.5. The summed E-state index contributed by atoms with van der Waals surface area (Å²) in [5.74, 6) is -0.458. The van der Waals surface area contributed by atoms with Crippen LogP contribution in [-0.4, -0.2) is 37.1 Å². The molecule has 1 heterocycles. The van der Waals surface area contributed by atoms with Crippen LogP contribution in [0.25, 0.3) is 11.3 Å². The van der Waals surface area contributed by atoms with Gasteiger partial charge in [-0.3, -0.25) is 9.59 Å². The highest BCUT2D eigenvalue weighted by molar-refractivity contribution is 6.09. The third-order valence-corrected chi connectivity index (χ3v) is 4.10. The summed E-state index contributed by atoms with van der Waals surface area (Å²) in [7, 11) is 1.55. The second-order valence-corrected chi connectivity index (χ2v) is 6.14. The molecule has 0 bridgehead atoms. The van der Waals surface area contributed by atoms with Crippen molar-refractivity contribution in [1.82, 2.24) is 10.3 Å². The van der Waals surface area contributed by atoms with Crippen LogP contribution in [0.5, 0.6) is 0 Å². The molecule has 0 radical (unpaired) electrons. The van der Waals surface area contributed by atoms with Gasteiger partial charge in [-0.1, -0.05) is 35.9 Å². The molecule has 0 aliphatic carbocycles. The Morgan fingerprint density at radius 2 is 1.82 bits per heavy atom. The smallest absolute Gasteiger partial charge is 0.274 e. The van der Waals surface area contributed by atoms with Crippen LogP contribution >= 0.6 is 0 Å². The van der Waals surface area contributed by atoms with Crippen LogP contribution in [0.4, 0.5) is 5.69 Å². The number of ether oxygens (including phenoxy) is 1. The molecule has 144 valence electrons. The predicted molar refractivity (Wildman–Crippen MR) is 105 cm³/mol. The van der Waals surface area contributed by atoms with Gasteiger partial charge in [-0.2, -0.15) is 0 Å². The molecule has 7 heteroatoms. The Bertz CT molecular complexity index is 964. The van der Waals surface area contributed by atoms with E-state index in [1.807, 2.05) is 31.2 Å². The largest absolute Gasteiger partial charge is 0.443 e. The van der Waals surface area contributed by atoms with Gasteiger partial charge < -0.3 is 19.8 Å². The molecule has 0 saturated carbocycles. The molecular weight excluding hydrogens is 358 g/mol. The number of hydrogen-bond donors (Lipinski definition) is 2. The summed E-state index contributed by atoms with van der Waals surface area (Å²) in [6.45, 7) is 2.70. The number of hydrogen-bond acceptors (Lipinski definition) is 5. The van der Waals surface area contributed by atoms with Gasteiger partial charge in [-0.25, -0.2) is 4.98 Å². The molecule has 0 fully saturated rings. The van der Waals surface area contributed by atoms with Crippen molar-refractivity contribution in [3.05, 3.63) is 71.7 Å². The molecule has 0 aliphatic heterocycles. The second kappa shape index (κ2) is 8.96. The minimum absolute atomic E-state index is 0.117. The molecule has 2 aromatic carbocycles. The zero-order chi connectivity index (χ0) is 19.9. The number of benzene rings is 2. The number of amides is 2. The van der Waals surface area contributed by atoms with Crippen LogP contribution in [0.2, 0.25) is 0 Å². The molecule has 0 unspecified atom stereocenters. The topological polar surface area (TPSA) is 93.5 Å². The van der Waals surface area contributed by atoms with E-state index in [1.165, 1.54) is 6.39 Å². The fraction of sp³-hybridized carbons (Fsp3) is 0.190. The average molecular weight is 379 g/mol. The first-order valence-corrected chi connectivity index (χ1v) is 8.78. The molecule has 0 atom stereocenters. The molecule has 3 aromatic rings. The number of rotatable bonds is 7. The maximum Gasteiger partial charge on any atom is 0.274 e. The lowest BCUT2D eigenvalue weighted by atomic mass is 10.0. The number of aromatic nitrogens is 1. The monoisotopic (exact) mass is 379 g/mol. The van der Waals surface area contributed by atoms with Crippen LogP contribution in [0.15, 0.2) is 59.3 Å². The van der Waals surface area contributed by atoms with Gasteiger partial charge in [0, 0.05) is 24.9 Å². The average Bonchev–Trinajstić information content (AvgIpc) is 3.19. The van der Waals surface area contributed by atoms with Crippen LogP contribution in [0, 0.1) is 6.92 Å². The standard InChI is InChI=1S/C21H21N3O4/c1-14-7-9-15(10-8-14)24-20(25)17-6-4-3-5-16(17)19-18(23-13-28-19)21(26)22-11-12-27-2/h3-10,13H,11-12H2,1-2H3,(H,22,26)(H,24,25). The Labute approximate surface area is 162 Å². The third kappa shape index (κ3) is 4.44. The third-order valence-electron chi connectivity index (χ3n) is 4.10. The van der Waals surface area contributed by atoms with Gasteiger partial charge in [0.15, 0.2) is 17.8 Å². The van der Waals surface area contributed by atoms with Crippen LogP contribution in [0.3, 0.4) is 0 Å². The first kappa shape index (κ1) is 19.3. The molecule has 0 spiro atoms. The highest BCUT2D eigenvalue weighted by Crippen LogP contribution is 2.27. The van der Waals surface area contributed by atoms with Crippen LogP contribution < -0.4 is 10.6 Å². The normalized spacial score (nSPS) is 10.5. The van der Waals surface area contributed by atoms with E-state index >= 15 is 0 Å². The van der Waals surface area contributed by atoms with Crippen molar-refractivity contribution in [2.24, 2.45) is 0 Å². The van der Waals surface area contributed by atoms with Crippen molar-refractivity contribution in [3.8, 4) is 11.3 Å². The van der Waals surface area contributed by atoms with E-state index in [9.17, 15) is 9.59 Å². The summed E-state index contributed by atoms with van der Waals surface area (Å²) in [5.41, 5.74) is 2.77. The van der Waals surface area contributed by atoms with Gasteiger partial charge in [0.05, 0.1) is 12.2 Å². The fourth-order valence-corrected chi connectivity index (χ4v) is 2.66. The molecule has 2 amide bonds. The van der Waals surface area contributed by atoms with E-state index < -0.39 is 5.91 Å². The van der Waals surface area contributed by atoms with E-state index in [4.69, 9.17) is 9.15 Å². The number of methoxy groups -OCH3 is 1. The summed E-state index contributed by atoms with van der Waals surface area (Å²) in [6, 6.07) is 14.4. The Hall–Kier alpha value is -3.45. The second-order valence-electron chi connectivity index (χ2n) is 6.14. The van der Waals surface area contributed by atoms with Crippen molar-refractivity contribution in [1.29, 1.82) is 0 Å². The van der Waals surface area contributed by atoms with Gasteiger partial charge in [-0.15, -0.1) is 0 Å². The first-order chi connectivity index (χ1) is 13.6. The summed E-state index contributed by atoms with van der Waals surface area (Å²) < 4.78 is 10.4. The van der Waals surface area contributed by atoms with Gasteiger partial charge in [0.2, 0.25) is 0 Å². The SMILES string of the molecule is COCCNC(=O)c1ncoc1-c1ccccc1C(=O)Nc1ccc(C)cc1. The lowest BCUT2D eigenvalue weighted by Crippen LogP contribution is -2.27. The summed E-state index contributed by atoms with van der Waals surface area (Å²) >= 11 is 0. The van der Waals surface area contributed by atoms with E-state index in [2.05, 4.69) is 15.6 Å². The molecule has 28 heavy (non-hydrogen) atoms. The van der Waals surface area contributed by atoms with Crippen molar-refractivity contribution >= 4 is 17.5 Å². The van der Waals surface area contributed by atoms with Gasteiger partial charge >= 0.3 is 0 Å². The Morgan fingerprint density at radius 1 is 1.07 bits per heavy atom. The number of carbonyl (C=O) groups excluding carboxylic acids is 2. The fourth-order valence-electron chi connectivity index (χ4n) is 2.66. The molecule has 1 aromatic heterocycles. The van der Waals surface area contributed by atoms with Crippen molar-refractivity contribution < 1.29 is 18.7 Å².